The van der Waals surface area contributed by atoms with Crippen LogP contribution in [0, 0.1) is 18.3 Å². The number of aryl methyl sites for hydroxylation is 1. The Morgan fingerprint density at radius 1 is 1.40 bits per heavy atom. The van der Waals surface area contributed by atoms with E-state index in [1.165, 1.54) is 6.20 Å². The first-order chi connectivity index (χ1) is 9.54. The molecule has 1 aromatic carbocycles. The van der Waals surface area contributed by atoms with Crippen molar-refractivity contribution in [1.82, 2.24) is 5.32 Å². The molecule has 3 N–H and O–H groups in total. The van der Waals surface area contributed by atoms with Gasteiger partial charge in [-0.25, -0.2) is 0 Å². The second-order valence-corrected chi connectivity index (χ2v) is 4.03. The van der Waals surface area contributed by atoms with Crippen molar-refractivity contribution in [3.05, 3.63) is 41.6 Å². The van der Waals surface area contributed by atoms with Crippen LogP contribution in [0.2, 0.25) is 0 Å². The Bertz CT molecular complexity index is 573. The number of carboxylic acids is 1. The van der Waals surface area contributed by atoms with Crippen molar-refractivity contribution < 1.29 is 14.7 Å². The molecule has 1 aromatic rings. The number of hydrogen-bond acceptors (Lipinski definition) is 4. The third-order valence-corrected chi connectivity index (χ3v) is 2.51. The lowest BCUT2D eigenvalue weighted by Crippen LogP contribution is -2.27. The van der Waals surface area contributed by atoms with Crippen LogP contribution in [0.5, 0.6) is 0 Å². The Morgan fingerprint density at radius 2 is 2.10 bits per heavy atom. The van der Waals surface area contributed by atoms with Gasteiger partial charge in [0, 0.05) is 18.4 Å². The number of carbonyl (C=O) groups is 2. The second-order valence-electron chi connectivity index (χ2n) is 4.03. The monoisotopic (exact) mass is 273 g/mol. The Morgan fingerprint density at radius 3 is 2.70 bits per heavy atom. The van der Waals surface area contributed by atoms with Crippen LogP contribution >= 0.6 is 0 Å². The van der Waals surface area contributed by atoms with Gasteiger partial charge in [0.25, 0.3) is 5.91 Å². The molecule has 6 nitrogen and oxygen atoms in total. The smallest absolute Gasteiger partial charge is 0.305 e. The number of anilines is 1. The molecule has 0 atom stereocenters. The van der Waals surface area contributed by atoms with Crippen molar-refractivity contribution >= 4 is 17.6 Å². The van der Waals surface area contributed by atoms with Gasteiger partial charge in [0.15, 0.2) is 0 Å². The first-order valence-corrected chi connectivity index (χ1v) is 5.97. The summed E-state index contributed by atoms with van der Waals surface area (Å²) in [4.78, 5) is 22.0. The fourth-order valence-electron chi connectivity index (χ4n) is 1.41. The Labute approximate surface area is 116 Å². The van der Waals surface area contributed by atoms with Gasteiger partial charge < -0.3 is 15.7 Å². The predicted molar refractivity (Wildman–Crippen MR) is 73.8 cm³/mol. The van der Waals surface area contributed by atoms with E-state index in [2.05, 4.69) is 10.6 Å². The zero-order chi connectivity index (χ0) is 15.0. The molecule has 6 heteroatoms. The number of carbonyl (C=O) groups excluding carboxylic acids is 1. The molecular weight excluding hydrogens is 258 g/mol. The molecule has 0 aliphatic carbocycles. The highest BCUT2D eigenvalue weighted by molar-refractivity contribution is 5.97. The van der Waals surface area contributed by atoms with Gasteiger partial charge in [-0.2, -0.15) is 5.26 Å². The number of nitrogens with zero attached hydrogens (tertiary/aromatic N) is 1. The van der Waals surface area contributed by atoms with E-state index in [1.54, 1.807) is 6.07 Å². The molecule has 20 heavy (non-hydrogen) atoms. The minimum Gasteiger partial charge on any atom is -0.481 e. The molecule has 0 aliphatic rings. The van der Waals surface area contributed by atoms with Gasteiger partial charge >= 0.3 is 5.97 Å². The lowest BCUT2D eigenvalue weighted by atomic mass is 10.2. The van der Waals surface area contributed by atoms with E-state index >= 15 is 0 Å². The second kappa shape index (κ2) is 7.59. The summed E-state index contributed by atoms with van der Waals surface area (Å²) in [5.41, 5.74) is 1.66. The van der Waals surface area contributed by atoms with Crippen LogP contribution in [0.25, 0.3) is 0 Å². The molecule has 0 fully saturated rings. The lowest BCUT2D eigenvalue weighted by molar-refractivity contribution is -0.136. The maximum absolute atomic E-state index is 11.6. The topological polar surface area (TPSA) is 102 Å². The number of rotatable bonds is 6. The van der Waals surface area contributed by atoms with Gasteiger partial charge in [-0.05, 0) is 18.6 Å². The zero-order valence-electron chi connectivity index (χ0n) is 11.0. The van der Waals surface area contributed by atoms with Crippen LogP contribution in [0.4, 0.5) is 5.69 Å². The maximum Gasteiger partial charge on any atom is 0.305 e. The third-order valence-electron chi connectivity index (χ3n) is 2.51. The molecule has 0 radical (unpaired) electrons. The van der Waals surface area contributed by atoms with Gasteiger partial charge in [0.05, 0.1) is 6.42 Å². The molecule has 0 aliphatic heterocycles. The molecule has 0 heterocycles. The Balaban J connectivity index is 2.64. The molecule has 0 bridgehead atoms. The van der Waals surface area contributed by atoms with E-state index in [0.29, 0.717) is 0 Å². The van der Waals surface area contributed by atoms with E-state index in [4.69, 9.17) is 10.4 Å². The number of amides is 1. The molecule has 1 amide bonds. The predicted octanol–water partition coefficient (Wildman–Crippen LogP) is 1.41. The van der Waals surface area contributed by atoms with Crippen LogP contribution in [0.3, 0.4) is 0 Å². The molecule has 0 aromatic heterocycles. The minimum atomic E-state index is -1.01. The first kappa shape index (κ1) is 15.2. The van der Waals surface area contributed by atoms with Gasteiger partial charge in [0.2, 0.25) is 0 Å². The maximum atomic E-state index is 11.6. The van der Waals surface area contributed by atoms with Crippen LogP contribution in [-0.2, 0) is 9.59 Å². The summed E-state index contributed by atoms with van der Waals surface area (Å²) in [7, 11) is 0. The highest BCUT2D eigenvalue weighted by Gasteiger charge is 2.09. The van der Waals surface area contributed by atoms with Crippen molar-refractivity contribution in [2.75, 3.05) is 11.9 Å². The minimum absolute atomic E-state index is 0.0163. The van der Waals surface area contributed by atoms with Gasteiger partial charge in [-0.15, -0.1) is 0 Å². The number of hydrogen-bond donors (Lipinski definition) is 3. The van der Waals surface area contributed by atoms with E-state index in [9.17, 15) is 9.59 Å². The summed E-state index contributed by atoms with van der Waals surface area (Å²) in [6.45, 7) is 1.88. The zero-order valence-corrected chi connectivity index (χ0v) is 11.0. The molecule has 1 rings (SSSR count). The SMILES string of the molecule is Cc1ccccc1N/C=C(/C#N)C(=O)NCCC(=O)O. The highest BCUT2D eigenvalue weighted by Crippen LogP contribution is 2.13. The quantitative estimate of drug-likeness (QED) is 0.537. The lowest BCUT2D eigenvalue weighted by Gasteiger charge is -2.06. The normalized spacial score (nSPS) is 10.5. The fourth-order valence-corrected chi connectivity index (χ4v) is 1.41. The molecule has 0 saturated carbocycles. The number of nitrogens with one attached hydrogen (secondary N) is 2. The van der Waals surface area contributed by atoms with Crippen LogP contribution in [0.1, 0.15) is 12.0 Å². The van der Waals surface area contributed by atoms with Crippen molar-refractivity contribution in [1.29, 1.82) is 5.26 Å². The summed E-state index contributed by atoms with van der Waals surface area (Å²) < 4.78 is 0. The largest absolute Gasteiger partial charge is 0.481 e. The third kappa shape index (κ3) is 4.82. The Hall–Kier alpha value is -2.81. The molecule has 0 unspecified atom stereocenters. The average molecular weight is 273 g/mol. The van der Waals surface area contributed by atoms with Crippen LogP contribution < -0.4 is 10.6 Å². The van der Waals surface area contributed by atoms with Gasteiger partial charge in [0.1, 0.15) is 11.6 Å². The van der Waals surface area contributed by atoms with Crippen molar-refractivity contribution in [3.8, 4) is 6.07 Å². The van der Waals surface area contributed by atoms with E-state index in [0.717, 1.165) is 11.3 Å². The number of nitriles is 1. The summed E-state index contributed by atoms with van der Waals surface area (Å²) in [5, 5.41) is 22.6. The Kier molecular flexibility index (Phi) is 5.78. The number of benzene rings is 1. The van der Waals surface area contributed by atoms with Crippen molar-refractivity contribution in [2.24, 2.45) is 0 Å². The summed E-state index contributed by atoms with van der Waals surface area (Å²) in [6, 6.07) is 9.21. The average Bonchev–Trinajstić information content (AvgIpc) is 2.41. The first-order valence-electron chi connectivity index (χ1n) is 5.97. The van der Waals surface area contributed by atoms with Crippen LogP contribution in [-0.4, -0.2) is 23.5 Å². The van der Waals surface area contributed by atoms with E-state index in [1.807, 2.05) is 31.2 Å². The molecule has 0 spiro atoms. The number of aliphatic carboxylic acids is 1. The summed E-state index contributed by atoms with van der Waals surface area (Å²) >= 11 is 0. The summed E-state index contributed by atoms with van der Waals surface area (Å²) in [6.07, 6.45) is 1.12. The molecule has 104 valence electrons. The van der Waals surface area contributed by atoms with E-state index in [-0.39, 0.29) is 18.5 Å². The standard InChI is InChI=1S/C14H15N3O3/c1-10-4-2-3-5-12(10)17-9-11(8-15)14(20)16-7-6-13(18)19/h2-5,9,17H,6-7H2,1H3,(H,16,20)(H,18,19)/b11-9-. The fraction of sp³-hybridized carbons (Fsp3) is 0.214. The number of para-hydroxylation sites is 1. The molecular formula is C14H15N3O3. The molecule has 0 saturated heterocycles. The summed E-state index contributed by atoms with van der Waals surface area (Å²) in [5.74, 6) is -1.61. The van der Waals surface area contributed by atoms with E-state index < -0.39 is 11.9 Å². The number of carboxylic acid groups (broad SMARTS) is 1. The van der Waals surface area contributed by atoms with Crippen molar-refractivity contribution in [2.45, 2.75) is 13.3 Å². The van der Waals surface area contributed by atoms with Crippen molar-refractivity contribution in [3.63, 3.8) is 0 Å². The van der Waals surface area contributed by atoms with Gasteiger partial charge in [-0.3, -0.25) is 9.59 Å². The van der Waals surface area contributed by atoms with Crippen LogP contribution in [0.15, 0.2) is 36.0 Å². The van der Waals surface area contributed by atoms with Gasteiger partial charge in [-0.1, -0.05) is 18.2 Å². The highest BCUT2D eigenvalue weighted by atomic mass is 16.4.